The molecule has 0 radical (unpaired) electrons. The average Bonchev–Trinajstić information content (AvgIpc) is 2.86. The molecule has 1 aromatic carbocycles. The van der Waals surface area contributed by atoms with Gasteiger partial charge in [0.25, 0.3) is 5.91 Å². The molecule has 21 heavy (non-hydrogen) atoms. The van der Waals surface area contributed by atoms with Crippen LogP contribution in [0.5, 0.6) is 0 Å². The number of nitrogens with zero attached hydrogens (tertiary/aromatic N) is 1. The number of halogens is 1. The monoisotopic (exact) mass is 351 g/mol. The zero-order valence-electron chi connectivity index (χ0n) is 11.6. The third kappa shape index (κ3) is 4.16. The molecule has 0 unspecified atom stereocenters. The van der Waals surface area contributed by atoms with E-state index in [1.165, 1.54) is 6.07 Å². The molecule has 0 saturated heterocycles. The fourth-order valence-corrected chi connectivity index (χ4v) is 2.16. The zero-order chi connectivity index (χ0) is 15.4. The Hall–Kier alpha value is -2.15. The summed E-state index contributed by atoms with van der Waals surface area (Å²) in [7, 11) is 0. The summed E-state index contributed by atoms with van der Waals surface area (Å²) in [5.41, 5.74) is 2.23. The number of hydrogen-bond acceptors (Lipinski definition) is 4. The highest BCUT2D eigenvalue weighted by atomic mass is 79.9. The van der Waals surface area contributed by atoms with Crippen molar-refractivity contribution >= 4 is 33.4 Å². The molecule has 0 spiro atoms. The maximum absolute atomic E-state index is 11.8. The van der Waals surface area contributed by atoms with Crippen molar-refractivity contribution in [2.45, 2.75) is 13.8 Å². The van der Waals surface area contributed by atoms with E-state index in [2.05, 4.69) is 31.7 Å². The van der Waals surface area contributed by atoms with Crippen LogP contribution in [0.15, 0.2) is 33.3 Å². The Morgan fingerprint density at radius 2 is 2.05 bits per heavy atom. The van der Waals surface area contributed by atoms with Gasteiger partial charge in [0.15, 0.2) is 0 Å². The largest absolute Gasteiger partial charge is 0.351 e. The molecular formula is C14H14BrN3O3. The smallest absolute Gasteiger partial charge is 0.290 e. The molecule has 0 atom stereocenters. The lowest BCUT2D eigenvalue weighted by atomic mass is 10.2. The molecule has 6 nitrogen and oxygen atoms in total. The maximum Gasteiger partial charge on any atom is 0.290 e. The first-order chi connectivity index (χ1) is 9.95. The summed E-state index contributed by atoms with van der Waals surface area (Å²) >= 11 is 3.35. The molecule has 0 aliphatic rings. The highest BCUT2D eigenvalue weighted by Gasteiger charge is 2.13. The Labute approximate surface area is 130 Å². The van der Waals surface area contributed by atoms with Crippen LogP contribution in [0.25, 0.3) is 0 Å². The van der Waals surface area contributed by atoms with Gasteiger partial charge in [-0.3, -0.25) is 9.59 Å². The summed E-state index contributed by atoms with van der Waals surface area (Å²) in [5, 5.41) is 8.81. The van der Waals surface area contributed by atoms with Gasteiger partial charge in [-0.15, -0.1) is 0 Å². The molecule has 2 aromatic rings. The van der Waals surface area contributed by atoms with Crippen molar-refractivity contribution in [2.75, 3.05) is 11.9 Å². The molecule has 110 valence electrons. The van der Waals surface area contributed by atoms with E-state index in [1.54, 1.807) is 13.0 Å². The Bertz CT molecular complexity index is 682. The van der Waals surface area contributed by atoms with E-state index in [4.69, 9.17) is 4.52 Å². The minimum absolute atomic E-state index is 0.0834. The van der Waals surface area contributed by atoms with Crippen LogP contribution in [0.2, 0.25) is 0 Å². The first-order valence-corrected chi connectivity index (χ1v) is 7.02. The first-order valence-electron chi connectivity index (χ1n) is 6.23. The number of aryl methyl sites for hydroxylation is 2. The van der Waals surface area contributed by atoms with Gasteiger partial charge in [-0.25, -0.2) is 0 Å². The highest BCUT2D eigenvalue weighted by Crippen LogP contribution is 2.19. The molecule has 2 N–H and O–H groups in total. The molecule has 0 fully saturated rings. The van der Waals surface area contributed by atoms with Gasteiger partial charge >= 0.3 is 0 Å². The summed E-state index contributed by atoms with van der Waals surface area (Å²) in [6, 6.07) is 7.02. The fraction of sp³-hybridized carbons (Fsp3) is 0.214. The maximum atomic E-state index is 11.8. The van der Waals surface area contributed by atoms with Gasteiger partial charge in [-0.05, 0) is 37.6 Å². The summed E-state index contributed by atoms with van der Waals surface area (Å²) < 4.78 is 5.75. The van der Waals surface area contributed by atoms with Crippen molar-refractivity contribution in [3.05, 3.63) is 45.8 Å². The molecular weight excluding hydrogens is 338 g/mol. The summed E-state index contributed by atoms with van der Waals surface area (Å²) in [6.45, 7) is 3.45. The molecule has 2 amide bonds. The van der Waals surface area contributed by atoms with E-state index in [1.807, 2.05) is 19.1 Å². The first kappa shape index (κ1) is 15.2. The lowest BCUT2D eigenvalue weighted by Crippen LogP contribution is -2.32. The summed E-state index contributed by atoms with van der Waals surface area (Å²) in [6.07, 6.45) is 0. The molecule has 0 aliphatic heterocycles. The number of nitrogens with one attached hydrogen (secondary N) is 2. The van der Waals surface area contributed by atoms with Crippen molar-refractivity contribution in [1.82, 2.24) is 10.5 Å². The van der Waals surface area contributed by atoms with E-state index >= 15 is 0 Å². The van der Waals surface area contributed by atoms with E-state index in [0.29, 0.717) is 11.4 Å². The predicted molar refractivity (Wildman–Crippen MR) is 81.1 cm³/mol. The average molecular weight is 352 g/mol. The Balaban J connectivity index is 1.89. The van der Waals surface area contributed by atoms with Crippen LogP contribution in [0.3, 0.4) is 0 Å². The Kier molecular flexibility index (Phi) is 4.74. The standard InChI is InChI=1S/C14H14BrN3O3/c1-8-5-10(15)3-4-11(8)17-13(19)7-16-14(20)12-6-9(2)18-21-12/h3-6H,7H2,1-2H3,(H,16,20)(H,17,19). The SMILES string of the molecule is Cc1cc(C(=O)NCC(=O)Nc2ccc(Br)cc2C)on1. The van der Waals surface area contributed by atoms with Crippen molar-refractivity contribution in [1.29, 1.82) is 0 Å². The zero-order valence-corrected chi connectivity index (χ0v) is 13.2. The molecule has 1 aromatic heterocycles. The summed E-state index contributed by atoms with van der Waals surface area (Å²) in [4.78, 5) is 23.5. The number of hydrogen-bond donors (Lipinski definition) is 2. The van der Waals surface area contributed by atoms with E-state index < -0.39 is 5.91 Å². The Morgan fingerprint density at radius 3 is 2.67 bits per heavy atom. The van der Waals surface area contributed by atoms with Crippen molar-refractivity contribution < 1.29 is 14.1 Å². The molecule has 2 rings (SSSR count). The lowest BCUT2D eigenvalue weighted by molar-refractivity contribution is -0.115. The molecule has 0 saturated carbocycles. The minimum atomic E-state index is -0.474. The Morgan fingerprint density at radius 1 is 1.29 bits per heavy atom. The third-order valence-electron chi connectivity index (χ3n) is 2.72. The number of aromatic nitrogens is 1. The number of carbonyl (C=O) groups is 2. The van der Waals surface area contributed by atoms with Gasteiger partial charge < -0.3 is 15.2 Å². The highest BCUT2D eigenvalue weighted by molar-refractivity contribution is 9.10. The van der Waals surface area contributed by atoms with Gasteiger partial charge in [0.1, 0.15) is 0 Å². The molecule has 0 bridgehead atoms. The van der Waals surface area contributed by atoms with E-state index in [0.717, 1.165) is 10.0 Å². The third-order valence-corrected chi connectivity index (χ3v) is 3.22. The van der Waals surface area contributed by atoms with Gasteiger partial charge in [0, 0.05) is 16.2 Å². The predicted octanol–water partition coefficient (Wildman–Crippen LogP) is 2.42. The second kappa shape index (κ2) is 6.53. The number of amides is 2. The van der Waals surface area contributed by atoms with Gasteiger partial charge in [-0.1, -0.05) is 21.1 Å². The number of rotatable bonds is 4. The van der Waals surface area contributed by atoms with Gasteiger partial charge in [-0.2, -0.15) is 0 Å². The quantitative estimate of drug-likeness (QED) is 0.885. The fourth-order valence-electron chi connectivity index (χ4n) is 1.68. The van der Waals surface area contributed by atoms with Crippen LogP contribution in [-0.4, -0.2) is 23.5 Å². The van der Waals surface area contributed by atoms with Crippen LogP contribution in [-0.2, 0) is 4.79 Å². The number of benzene rings is 1. The van der Waals surface area contributed by atoms with Crippen LogP contribution in [0.1, 0.15) is 21.8 Å². The molecule has 7 heteroatoms. The van der Waals surface area contributed by atoms with Crippen LogP contribution in [0, 0.1) is 13.8 Å². The van der Waals surface area contributed by atoms with E-state index in [9.17, 15) is 9.59 Å². The normalized spacial score (nSPS) is 10.2. The lowest BCUT2D eigenvalue weighted by Gasteiger charge is -2.09. The van der Waals surface area contributed by atoms with Crippen molar-refractivity contribution in [3.8, 4) is 0 Å². The van der Waals surface area contributed by atoms with Crippen LogP contribution >= 0.6 is 15.9 Å². The van der Waals surface area contributed by atoms with Crippen LogP contribution in [0.4, 0.5) is 5.69 Å². The second-order valence-electron chi connectivity index (χ2n) is 4.52. The molecule has 0 aliphatic carbocycles. The van der Waals surface area contributed by atoms with Crippen molar-refractivity contribution in [3.63, 3.8) is 0 Å². The van der Waals surface area contributed by atoms with E-state index in [-0.39, 0.29) is 18.2 Å². The minimum Gasteiger partial charge on any atom is -0.351 e. The number of carbonyl (C=O) groups excluding carboxylic acids is 2. The second-order valence-corrected chi connectivity index (χ2v) is 5.44. The summed E-state index contributed by atoms with van der Waals surface area (Å²) in [5.74, 6) is -0.705. The van der Waals surface area contributed by atoms with Crippen molar-refractivity contribution in [2.24, 2.45) is 0 Å². The topological polar surface area (TPSA) is 84.2 Å². The molecule has 1 heterocycles. The van der Waals surface area contributed by atoms with Crippen LogP contribution < -0.4 is 10.6 Å². The van der Waals surface area contributed by atoms with Gasteiger partial charge in [0.05, 0.1) is 12.2 Å². The number of anilines is 1. The van der Waals surface area contributed by atoms with Gasteiger partial charge in [0.2, 0.25) is 11.7 Å².